The molecule has 0 N–H and O–H groups in total. The number of rotatable bonds is 7. The van der Waals surface area contributed by atoms with Gasteiger partial charge in [-0.05, 0) is 20.4 Å². The van der Waals surface area contributed by atoms with Crippen LogP contribution in [0, 0.1) is 29.1 Å². The van der Waals surface area contributed by atoms with Crippen LogP contribution in [-0.4, -0.2) is 28.0 Å². The van der Waals surface area contributed by atoms with E-state index in [2.05, 4.69) is 0 Å². The van der Waals surface area contributed by atoms with Gasteiger partial charge in [0.2, 0.25) is 29.1 Å². The minimum Gasteiger partial charge on any atom is -0.485 e. The second-order valence-electron chi connectivity index (χ2n) is 4.19. The van der Waals surface area contributed by atoms with Gasteiger partial charge < -0.3 is 13.6 Å². The lowest BCUT2D eigenvalue weighted by Crippen LogP contribution is -2.45. The number of hydrogen-bond donors (Lipinski definition) is 0. The van der Waals surface area contributed by atoms with E-state index in [0.29, 0.717) is 0 Å². The molecule has 0 aromatic heterocycles. The summed E-state index contributed by atoms with van der Waals surface area (Å²) in [6.45, 7) is 5.46. The van der Waals surface area contributed by atoms with Gasteiger partial charge >= 0.3 is 8.56 Å². The fraction of sp³-hybridized carbons (Fsp3) is 0.500. The van der Waals surface area contributed by atoms with E-state index >= 15 is 0 Å². The molecule has 3 nitrogen and oxygen atoms in total. The third-order valence-corrected chi connectivity index (χ3v) is 5.01. The van der Waals surface area contributed by atoms with E-state index in [1.165, 1.54) is 0 Å². The Morgan fingerprint density at radius 3 is 1.52 bits per heavy atom. The number of hydrogen-bond acceptors (Lipinski definition) is 3. The lowest BCUT2D eigenvalue weighted by atomic mass is 10.3. The van der Waals surface area contributed by atoms with Crippen molar-refractivity contribution in [2.45, 2.75) is 20.4 Å². The highest BCUT2D eigenvalue weighted by molar-refractivity contribution is 6.66. The first-order valence-electron chi connectivity index (χ1n) is 6.19. The fourth-order valence-electron chi connectivity index (χ4n) is 1.65. The molecule has 0 spiro atoms. The topological polar surface area (TPSA) is 27.7 Å². The quantitative estimate of drug-likeness (QED) is 0.332. The second kappa shape index (κ2) is 7.19. The van der Waals surface area contributed by atoms with Gasteiger partial charge in [-0.2, -0.15) is 8.78 Å². The highest BCUT2D eigenvalue weighted by Crippen LogP contribution is 2.29. The van der Waals surface area contributed by atoms with Crippen molar-refractivity contribution in [3.8, 4) is 5.75 Å². The molecular weight excluding hydrogens is 315 g/mol. The van der Waals surface area contributed by atoms with E-state index in [1.54, 1.807) is 20.4 Å². The first-order valence-corrected chi connectivity index (χ1v) is 8.71. The van der Waals surface area contributed by atoms with Gasteiger partial charge in [-0.1, -0.05) is 0 Å². The molecule has 0 saturated carbocycles. The van der Waals surface area contributed by atoms with Crippen molar-refractivity contribution in [1.29, 1.82) is 0 Å². The summed E-state index contributed by atoms with van der Waals surface area (Å²) in [5, 5.41) is 0. The molecule has 21 heavy (non-hydrogen) atoms. The zero-order valence-corrected chi connectivity index (χ0v) is 12.7. The Morgan fingerprint density at radius 1 is 0.762 bits per heavy atom. The van der Waals surface area contributed by atoms with Crippen LogP contribution in [-0.2, 0) is 8.85 Å². The van der Waals surface area contributed by atoms with Gasteiger partial charge in [0.25, 0.3) is 0 Å². The molecule has 120 valence electrons. The molecule has 0 radical (unpaired) electrons. The molecule has 0 fully saturated rings. The predicted molar refractivity (Wildman–Crippen MR) is 66.6 cm³/mol. The Hall–Kier alpha value is -1.19. The molecule has 1 aromatic carbocycles. The molecule has 0 aliphatic heterocycles. The van der Waals surface area contributed by atoms with Crippen LogP contribution in [0.1, 0.15) is 13.8 Å². The van der Waals surface area contributed by atoms with Crippen molar-refractivity contribution in [3.63, 3.8) is 0 Å². The molecule has 0 saturated heterocycles. The van der Waals surface area contributed by atoms with Gasteiger partial charge in [-0.15, -0.1) is 0 Å². The predicted octanol–water partition coefficient (Wildman–Crippen LogP) is 3.45. The van der Waals surface area contributed by atoms with Crippen LogP contribution in [0.4, 0.5) is 22.0 Å². The largest absolute Gasteiger partial charge is 0.485 e. The third kappa shape index (κ3) is 3.92. The Bertz CT molecular complexity index is 477. The van der Waals surface area contributed by atoms with Crippen molar-refractivity contribution in [2.24, 2.45) is 0 Å². The fourth-order valence-corrected chi connectivity index (χ4v) is 3.53. The van der Waals surface area contributed by atoms with E-state index in [9.17, 15) is 22.0 Å². The molecular formula is C12H15F5O3Si. The lowest BCUT2D eigenvalue weighted by molar-refractivity contribution is 0.159. The Balaban J connectivity index is 3.03. The maximum absolute atomic E-state index is 13.4. The minimum absolute atomic E-state index is 0.267. The summed E-state index contributed by atoms with van der Waals surface area (Å²) in [6.07, 6.45) is -0.410. The highest BCUT2D eigenvalue weighted by atomic mass is 28.4. The molecule has 0 unspecified atom stereocenters. The van der Waals surface area contributed by atoms with Crippen LogP contribution in [0.15, 0.2) is 0 Å². The first-order chi connectivity index (χ1) is 9.77. The van der Waals surface area contributed by atoms with E-state index < -0.39 is 49.6 Å². The van der Waals surface area contributed by atoms with Crippen molar-refractivity contribution in [1.82, 2.24) is 0 Å². The normalized spacial score (nSPS) is 11.8. The van der Waals surface area contributed by atoms with Crippen molar-refractivity contribution in [3.05, 3.63) is 29.1 Å². The molecule has 0 aliphatic rings. The van der Waals surface area contributed by atoms with Gasteiger partial charge in [-0.25, -0.2) is 13.2 Å². The molecule has 0 amide bonds. The first kappa shape index (κ1) is 17.9. The minimum atomic E-state index is -2.92. The average molecular weight is 330 g/mol. The summed E-state index contributed by atoms with van der Waals surface area (Å²) in [7, 11) is -2.92. The zero-order chi connectivity index (χ0) is 16.2. The molecule has 9 heteroatoms. The summed E-state index contributed by atoms with van der Waals surface area (Å²) >= 11 is 0. The van der Waals surface area contributed by atoms with Crippen LogP contribution in [0.3, 0.4) is 0 Å². The van der Waals surface area contributed by atoms with Gasteiger partial charge in [0, 0.05) is 13.2 Å². The SMILES string of the molecule is CCO[Si](C)(COc1c(F)c(F)c(F)c(F)c1F)OCC. The van der Waals surface area contributed by atoms with Gasteiger partial charge in [0.15, 0.2) is 5.75 Å². The molecule has 0 heterocycles. The van der Waals surface area contributed by atoms with Crippen molar-refractivity contribution < 1.29 is 35.5 Å². The molecule has 1 rings (SSSR count). The van der Waals surface area contributed by atoms with E-state index in [4.69, 9.17) is 13.6 Å². The van der Waals surface area contributed by atoms with Gasteiger partial charge in [0.1, 0.15) is 6.23 Å². The molecule has 1 aromatic rings. The Labute approximate surface area is 119 Å². The van der Waals surface area contributed by atoms with Crippen LogP contribution < -0.4 is 4.74 Å². The number of ether oxygens (including phenoxy) is 1. The summed E-state index contributed by atoms with van der Waals surface area (Å²) in [5.74, 6) is -11.7. The van der Waals surface area contributed by atoms with E-state index in [-0.39, 0.29) is 13.2 Å². The van der Waals surface area contributed by atoms with Crippen molar-refractivity contribution >= 4 is 8.56 Å². The Morgan fingerprint density at radius 2 is 1.14 bits per heavy atom. The maximum Gasteiger partial charge on any atom is 0.373 e. The van der Waals surface area contributed by atoms with E-state index in [0.717, 1.165) is 0 Å². The monoisotopic (exact) mass is 330 g/mol. The number of halogens is 5. The maximum atomic E-state index is 13.4. The smallest absolute Gasteiger partial charge is 0.373 e. The summed E-state index contributed by atoms with van der Waals surface area (Å²) < 4.78 is 81.3. The van der Waals surface area contributed by atoms with Gasteiger partial charge in [0.05, 0.1) is 0 Å². The van der Waals surface area contributed by atoms with Gasteiger partial charge in [-0.3, -0.25) is 0 Å². The summed E-state index contributed by atoms with van der Waals surface area (Å²) in [4.78, 5) is 0. The van der Waals surface area contributed by atoms with Crippen LogP contribution in [0.5, 0.6) is 5.75 Å². The lowest BCUT2D eigenvalue weighted by Gasteiger charge is -2.26. The van der Waals surface area contributed by atoms with Crippen LogP contribution in [0.25, 0.3) is 0 Å². The van der Waals surface area contributed by atoms with Crippen LogP contribution >= 0.6 is 0 Å². The molecule has 0 atom stereocenters. The van der Waals surface area contributed by atoms with E-state index in [1.807, 2.05) is 0 Å². The zero-order valence-electron chi connectivity index (χ0n) is 11.7. The van der Waals surface area contributed by atoms with Crippen LogP contribution in [0.2, 0.25) is 6.55 Å². The second-order valence-corrected chi connectivity index (χ2v) is 7.32. The van der Waals surface area contributed by atoms with Crippen molar-refractivity contribution in [2.75, 3.05) is 19.4 Å². The third-order valence-electron chi connectivity index (χ3n) is 2.55. The Kier molecular flexibility index (Phi) is 6.11. The summed E-state index contributed by atoms with van der Waals surface area (Å²) in [6, 6.07) is 0. The molecule has 0 bridgehead atoms. The highest BCUT2D eigenvalue weighted by Gasteiger charge is 2.35. The number of benzene rings is 1. The standard InChI is InChI=1S/C12H15F5O3Si/c1-4-19-21(3,20-5-2)6-18-12-10(16)8(14)7(13)9(15)11(12)17/h4-6H2,1-3H3. The molecule has 0 aliphatic carbocycles. The average Bonchev–Trinajstić information content (AvgIpc) is 2.43. The summed E-state index contributed by atoms with van der Waals surface area (Å²) in [5.41, 5.74) is 0.